The monoisotopic (exact) mass is 218 g/mol. The third-order valence-electron chi connectivity index (χ3n) is 2.59. The van der Waals surface area contributed by atoms with E-state index in [-0.39, 0.29) is 11.8 Å². The number of aromatic nitrogens is 1. The highest BCUT2D eigenvalue weighted by Gasteiger charge is 2.09. The van der Waals surface area contributed by atoms with Crippen LogP contribution in [0.25, 0.3) is 11.1 Å². The minimum atomic E-state index is -0.126. The Morgan fingerprint density at radius 2 is 2.38 bits per heavy atom. The van der Waals surface area contributed by atoms with Crippen LogP contribution in [0.15, 0.2) is 29.0 Å². The maximum absolute atomic E-state index is 10.9. The van der Waals surface area contributed by atoms with Gasteiger partial charge in [-0.15, -0.1) is 0 Å². The minimum absolute atomic E-state index is 0.126. The zero-order chi connectivity index (χ0) is 11.5. The van der Waals surface area contributed by atoms with Crippen LogP contribution in [0, 0.1) is 0 Å². The van der Waals surface area contributed by atoms with Gasteiger partial charge in [-0.25, -0.2) is 4.98 Å². The Morgan fingerprint density at radius 1 is 1.56 bits per heavy atom. The average molecular weight is 218 g/mol. The fourth-order valence-electron chi connectivity index (χ4n) is 1.63. The summed E-state index contributed by atoms with van der Waals surface area (Å²) in [7, 11) is 0. The first-order chi connectivity index (χ1) is 7.66. The smallest absolute Gasteiger partial charge is 0.181 e. The number of nitrogens with two attached hydrogens (primary N) is 1. The summed E-state index contributed by atoms with van der Waals surface area (Å²) in [4.78, 5) is 14.9. The fourth-order valence-corrected chi connectivity index (χ4v) is 1.63. The van der Waals surface area contributed by atoms with Gasteiger partial charge in [-0.05, 0) is 31.0 Å². The van der Waals surface area contributed by atoms with E-state index in [0.717, 1.165) is 16.7 Å². The molecule has 16 heavy (non-hydrogen) atoms. The lowest BCUT2D eigenvalue weighted by Gasteiger charge is -2.10. The predicted octanol–water partition coefficient (Wildman–Crippen LogP) is 2.20. The molecular weight excluding hydrogens is 204 g/mol. The molecule has 1 aromatic heterocycles. The standard InChI is InChI=1S/C12H14N2O2/c1-8(15)2-4-10(13)9-3-5-11-12(6-9)16-7-14-11/h3,5-7,10H,2,4,13H2,1H3. The van der Waals surface area contributed by atoms with Gasteiger partial charge >= 0.3 is 0 Å². The lowest BCUT2D eigenvalue weighted by molar-refractivity contribution is -0.117. The van der Waals surface area contributed by atoms with Crippen molar-refractivity contribution in [3.63, 3.8) is 0 Å². The quantitative estimate of drug-likeness (QED) is 0.854. The third-order valence-corrected chi connectivity index (χ3v) is 2.59. The number of carbonyl (C=O) groups excluding carboxylic acids is 1. The van der Waals surface area contributed by atoms with Gasteiger partial charge in [0, 0.05) is 12.5 Å². The van der Waals surface area contributed by atoms with Crippen molar-refractivity contribution in [1.29, 1.82) is 0 Å². The Labute approximate surface area is 93.5 Å². The fraction of sp³-hybridized carbons (Fsp3) is 0.333. The van der Waals surface area contributed by atoms with Gasteiger partial charge in [-0.1, -0.05) is 6.07 Å². The summed E-state index contributed by atoms with van der Waals surface area (Å²) in [5, 5.41) is 0. The highest BCUT2D eigenvalue weighted by atomic mass is 16.3. The second-order valence-corrected chi connectivity index (χ2v) is 3.93. The Balaban J connectivity index is 2.15. The van der Waals surface area contributed by atoms with E-state index in [1.165, 1.54) is 6.39 Å². The highest BCUT2D eigenvalue weighted by molar-refractivity contribution is 5.75. The third kappa shape index (κ3) is 2.28. The van der Waals surface area contributed by atoms with Crippen LogP contribution < -0.4 is 5.73 Å². The van der Waals surface area contributed by atoms with E-state index in [4.69, 9.17) is 10.2 Å². The summed E-state index contributed by atoms with van der Waals surface area (Å²) in [5.74, 6) is 0.163. The average Bonchev–Trinajstić information content (AvgIpc) is 2.72. The van der Waals surface area contributed by atoms with Crippen molar-refractivity contribution in [3.8, 4) is 0 Å². The summed E-state index contributed by atoms with van der Waals surface area (Å²) in [5.41, 5.74) is 8.52. The maximum atomic E-state index is 10.9. The summed E-state index contributed by atoms with van der Waals surface area (Å²) in [6.45, 7) is 1.58. The van der Waals surface area contributed by atoms with Crippen molar-refractivity contribution >= 4 is 16.9 Å². The number of fused-ring (bicyclic) bond motifs is 1. The van der Waals surface area contributed by atoms with Gasteiger partial charge in [-0.3, -0.25) is 0 Å². The van der Waals surface area contributed by atoms with Gasteiger partial charge in [0.2, 0.25) is 0 Å². The lowest BCUT2D eigenvalue weighted by Crippen LogP contribution is -2.11. The molecule has 84 valence electrons. The van der Waals surface area contributed by atoms with Gasteiger partial charge < -0.3 is 14.9 Å². The molecule has 0 spiro atoms. The van der Waals surface area contributed by atoms with Crippen LogP contribution >= 0.6 is 0 Å². The van der Waals surface area contributed by atoms with E-state index in [0.29, 0.717) is 12.8 Å². The van der Waals surface area contributed by atoms with Crippen LogP contribution in [-0.2, 0) is 4.79 Å². The van der Waals surface area contributed by atoms with E-state index in [2.05, 4.69) is 4.98 Å². The SMILES string of the molecule is CC(=O)CCC(N)c1ccc2ncoc2c1. The second-order valence-electron chi connectivity index (χ2n) is 3.93. The Bertz CT molecular complexity index is 504. The van der Waals surface area contributed by atoms with Crippen LogP contribution in [0.4, 0.5) is 0 Å². The molecule has 1 heterocycles. The Morgan fingerprint density at radius 3 is 3.12 bits per heavy atom. The largest absolute Gasteiger partial charge is 0.443 e. The van der Waals surface area contributed by atoms with Crippen molar-refractivity contribution in [2.24, 2.45) is 5.73 Å². The number of benzene rings is 1. The number of ketones is 1. The van der Waals surface area contributed by atoms with Crippen molar-refractivity contribution in [1.82, 2.24) is 4.98 Å². The second kappa shape index (κ2) is 4.45. The topological polar surface area (TPSA) is 69.1 Å². The van der Waals surface area contributed by atoms with Crippen LogP contribution in [0.2, 0.25) is 0 Å². The number of carbonyl (C=O) groups is 1. The van der Waals surface area contributed by atoms with E-state index in [1.807, 2.05) is 18.2 Å². The van der Waals surface area contributed by atoms with E-state index in [1.54, 1.807) is 6.92 Å². The van der Waals surface area contributed by atoms with Crippen LogP contribution in [-0.4, -0.2) is 10.8 Å². The van der Waals surface area contributed by atoms with Crippen LogP contribution in [0.1, 0.15) is 31.4 Å². The molecule has 0 aliphatic rings. The number of Topliss-reactive ketones (excluding diaryl/α,β-unsaturated/α-hetero) is 1. The minimum Gasteiger partial charge on any atom is -0.443 e. The number of hydrogen-bond donors (Lipinski definition) is 1. The first-order valence-corrected chi connectivity index (χ1v) is 5.25. The molecule has 1 unspecified atom stereocenters. The first-order valence-electron chi connectivity index (χ1n) is 5.25. The number of hydrogen-bond acceptors (Lipinski definition) is 4. The number of oxazole rings is 1. The van der Waals surface area contributed by atoms with Crippen molar-refractivity contribution in [2.45, 2.75) is 25.8 Å². The van der Waals surface area contributed by atoms with Crippen molar-refractivity contribution < 1.29 is 9.21 Å². The Kier molecular flexibility index (Phi) is 3.01. The molecule has 1 aromatic carbocycles. The van der Waals surface area contributed by atoms with Gasteiger partial charge in [-0.2, -0.15) is 0 Å². The van der Waals surface area contributed by atoms with E-state index in [9.17, 15) is 4.79 Å². The number of rotatable bonds is 4. The molecule has 0 aliphatic carbocycles. The molecular formula is C12H14N2O2. The molecule has 0 saturated heterocycles. The first kappa shape index (κ1) is 10.8. The normalized spacial score (nSPS) is 12.9. The van der Waals surface area contributed by atoms with Crippen molar-refractivity contribution in [2.75, 3.05) is 0 Å². The Hall–Kier alpha value is -1.68. The molecule has 1 atom stereocenters. The van der Waals surface area contributed by atoms with Gasteiger partial charge in [0.1, 0.15) is 11.3 Å². The van der Waals surface area contributed by atoms with Gasteiger partial charge in [0.05, 0.1) is 0 Å². The predicted molar refractivity (Wildman–Crippen MR) is 60.9 cm³/mol. The maximum Gasteiger partial charge on any atom is 0.181 e. The summed E-state index contributed by atoms with van der Waals surface area (Å²) >= 11 is 0. The molecule has 4 nitrogen and oxygen atoms in total. The zero-order valence-electron chi connectivity index (χ0n) is 9.14. The van der Waals surface area contributed by atoms with Gasteiger partial charge in [0.25, 0.3) is 0 Å². The molecule has 0 aliphatic heterocycles. The molecule has 0 radical (unpaired) electrons. The van der Waals surface area contributed by atoms with E-state index < -0.39 is 0 Å². The lowest BCUT2D eigenvalue weighted by atomic mass is 10.0. The molecule has 0 saturated carbocycles. The molecule has 2 N–H and O–H groups in total. The molecule has 2 aromatic rings. The molecule has 2 rings (SSSR count). The molecule has 0 amide bonds. The highest BCUT2D eigenvalue weighted by Crippen LogP contribution is 2.21. The van der Waals surface area contributed by atoms with E-state index >= 15 is 0 Å². The van der Waals surface area contributed by atoms with Crippen LogP contribution in [0.3, 0.4) is 0 Å². The summed E-state index contributed by atoms with van der Waals surface area (Å²) in [6.07, 6.45) is 2.58. The van der Waals surface area contributed by atoms with Crippen molar-refractivity contribution in [3.05, 3.63) is 30.2 Å². The zero-order valence-corrected chi connectivity index (χ0v) is 9.14. The molecule has 0 bridgehead atoms. The summed E-state index contributed by atoms with van der Waals surface area (Å²) in [6, 6.07) is 5.56. The summed E-state index contributed by atoms with van der Waals surface area (Å²) < 4.78 is 5.20. The number of nitrogens with zero attached hydrogens (tertiary/aromatic N) is 1. The molecule has 4 heteroatoms. The van der Waals surface area contributed by atoms with Crippen LogP contribution in [0.5, 0.6) is 0 Å². The van der Waals surface area contributed by atoms with Gasteiger partial charge in [0.15, 0.2) is 12.0 Å². The molecule has 0 fully saturated rings.